The second-order valence-electron chi connectivity index (χ2n) is 6.57. The zero-order valence-electron chi connectivity index (χ0n) is 15.3. The van der Waals surface area contributed by atoms with Crippen molar-refractivity contribution in [3.63, 3.8) is 0 Å². The van der Waals surface area contributed by atoms with Gasteiger partial charge >= 0.3 is 12.1 Å². The van der Waals surface area contributed by atoms with Crippen LogP contribution in [0.3, 0.4) is 0 Å². The minimum absolute atomic E-state index is 0.185. The number of halogens is 3. The molecule has 1 unspecified atom stereocenters. The number of carbonyl (C=O) groups is 1. The Bertz CT molecular complexity index is 901. The minimum Gasteiger partial charge on any atom is -0.479 e. The van der Waals surface area contributed by atoms with Crippen LogP contribution in [0, 0.1) is 0 Å². The molecule has 3 aromatic carbocycles. The van der Waals surface area contributed by atoms with Gasteiger partial charge in [-0.1, -0.05) is 78.9 Å². The van der Waals surface area contributed by atoms with Crippen molar-refractivity contribution < 1.29 is 27.8 Å². The summed E-state index contributed by atoms with van der Waals surface area (Å²) in [5.74, 6) is -1.24. The lowest BCUT2D eigenvalue weighted by Gasteiger charge is -2.24. The summed E-state index contributed by atoms with van der Waals surface area (Å²) in [7, 11) is 0. The molecule has 0 aromatic heterocycles. The summed E-state index contributed by atoms with van der Waals surface area (Å²) >= 11 is 0. The van der Waals surface area contributed by atoms with Crippen LogP contribution in [0.4, 0.5) is 13.2 Å². The normalized spacial score (nSPS) is 12.7. The molecular formula is C23H19F3O3. The molecule has 3 rings (SSSR count). The summed E-state index contributed by atoms with van der Waals surface area (Å²) in [4.78, 5) is 11.8. The third-order valence-corrected chi connectivity index (χ3v) is 4.46. The van der Waals surface area contributed by atoms with Crippen LogP contribution in [0.25, 0.3) is 0 Å². The van der Waals surface area contributed by atoms with E-state index in [1.54, 1.807) is 0 Å². The molecule has 0 aliphatic heterocycles. The van der Waals surface area contributed by atoms with Gasteiger partial charge in [-0.25, -0.2) is 4.79 Å². The average molecular weight is 400 g/mol. The molecule has 0 saturated heterocycles. The maximum absolute atomic E-state index is 13.0. The molecule has 0 amide bonds. The largest absolute Gasteiger partial charge is 0.479 e. The third-order valence-electron chi connectivity index (χ3n) is 4.46. The third kappa shape index (κ3) is 5.45. The van der Waals surface area contributed by atoms with Crippen LogP contribution in [0.5, 0.6) is 0 Å². The summed E-state index contributed by atoms with van der Waals surface area (Å²) < 4.78 is 44.8. The number of benzene rings is 3. The summed E-state index contributed by atoms with van der Waals surface area (Å²) in [6.07, 6.45) is -6.66. The van der Waals surface area contributed by atoms with Crippen molar-refractivity contribution in [1.82, 2.24) is 0 Å². The first-order valence-corrected chi connectivity index (χ1v) is 8.99. The van der Waals surface area contributed by atoms with Gasteiger partial charge < -0.3 is 9.84 Å². The Morgan fingerprint density at radius 1 is 0.862 bits per heavy atom. The van der Waals surface area contributed by atoms with Gasteiger partial charge in [0, 0.05) is 6.42 Å². The zero-order chi connectivity index (χ0) is 20.9. The summed E-state index contributed by atoms with van der Waals surface area (Å²) in [6.45, 7) is 0. The lowest BCUT2D eigenvalue weighted by molar-refractivity contribution is -0.153. The van der Waals surface area contributed by atoms with E-state index in [9.17, 15) is 23.1 Å². The molecule has 0 saturated carbocycles. The van der Waals surface area contributed by atoms with Crippen LogP contribution in [0.15, 0.2) is 84.9 Å². The van der Waals surface area contributed by atoms with E-state index in [0.717, 1.165) is 23.3 Å². The van der Waals surface area contributed by atoms with Crippen molar-refractivity contribution in [3.05, 3.63) is 107 Å². The van der Waals surface area contributed by atoms with Gasteiger partial charge in [-0.05, 0) is 22.8 Å². The first-order valence-electron chi connectivity index (χ1n) is 8.99. The standard InChI is InChI=1S/C23H19F3O3/c24-23(25,26)19-13-7-8-16(14-19)15-20(22(27)28)29-21(17-9-3-1-4-10-17)18-11-5-2-6-12-18/h1-14,20-21H,15H2,(H,27,28). The van der Waals surface area contributed by atoms with Gasteiger partial charge in [0.2, 0.25) is 0 Å². The Balaban J connectivity index is 1.89. The van der Waals surface area contributed by atoms with Crippen LogP contribution in [-0.4, -0.2) is 17.2 Å². The van der Waals surface area contributed by atoms with E-state index >= 15 is 0 Å². The number of alkyl halides is 3. The fourth-order valence-corrected chi connectivity index (χ4v) is 3.05. The first-order chi connectivity index (χ1) is 13.8. The number of aliphatic carboxylic acids is 1. The molecule has 3 nitrogen and oxygen atoms in total. The molecule has 0 heterocycles. The lowest BCUT2D eigenvalue weighted by atomic mass is 10.00. The molecule has 3 aromatic rings. The first kappa shape index (κ1) is 20.6. The van der Waals surface area contributed by atoms with E-state index in [4.69, 9.17) is 4.74 Å². The Labute approximate surface area is 166 Å². The smallest absolute Gasteiger partial charge is 0.416 e. The van der Waals surface area contributed by atoms with Crippen molar-refractivity contribution in [2.24, 2.45) is 0 Å². The van der Waals surface area contributed by atoms with Gasteiger partial charge in [-0.2, -0.15) is 13.2 Å². The van der Waals surface area contributed by atoms with Crippen molar-refractivity contribution in [1.29, 1.82) is 0 Å². The highest BCUT2D eigenvalue weighted by Crippen LogP contribution is 2.31. The van der Waals surface area contributed by atoms with E-state index in [1.165, 1.54) is 12.1 Å². The Morgan fingerprint density at radius 3 is 1.90 bits per heavy atom. The molecule has 0 fully saturated rings. The Kier molecular flexibility index (Phi) is 6.34. The van der Waals surface area contributed by atoms with Gasteiger partial charge in [0.1, 0.15) is 6.10 Å². The fourth-order valence-electron chi connectivity index (χ4n) is 3.05. The molecular weight excluding hydrogens is 381 g/mol. The number of rotatable bonds is 7. The lowest BCUT2D eigenvalue weighted by Crippen LogP contribution is -2.29. The predicted octanol–water partition coefficient (Wildman–Crippen LogP) is 5.51. The molecule has 0 bridgehead atoms. The number of hydrogen-bond acceptors (Lipinski definition) is 2. The highest BCUT2D eigenvalue weighted by molar-refractivity contribution is 5.73. The van der Waals surface area contributed by atoms with Crippen LogP contribution >= 0.6 is 0 Å². The monoisotopic (exact) mass is 400 g/mol. The SMILES string of the molecule is O=C(O)C(Cc1cccc(C(F)(F)F)c1)OC(c1ccccc1)c1ccccc1. The molecule has 0 spiro atoms. The second kappa shape index (κ2) is 8.92. The molecule has 1 atom stereocenters. The highest BCUT2D eigenvalue weighted by atomic mass is 19.4. The topological polar surface area (TPSA) is 46.5 Å². The zero-order valence-corrected chi connectivity index (χ0v) is 15.3. The second-order valence-corrected chi connectivity index (χ2v) is 6.57. The molecule has 0 aliphatic rings. The summed E-state index contributed by atoms with van der Waals surface area (Å²) in [5, 5.41) is 9.66. The molecule has 1 N–H and O–H groups in total. The quantitative estimate of drug-likeness (QED) is 0.569. The van der Waals surface area contributed by atoms with Crippen molar-refractivity contribution in [2.45, 2.75) is 24.8 Å². The molecule has 6 heteroatoms. The Hall–Kier alpha value is -3.12. The number of carboxylic acids is 1. The van der Waals surface area contributed by atoms with E-state index < -0.39 is 29.9 Å². The summed E-state index contributed by atoms with van der Waals surface area (Å²) in [5.41, 5.74) is 0.942. The maximum Gasteiger partial charge on any atom is 0.416 e. The number of ether oxygens (including phenoxy) is 1. The molecule has 0 aliphatic carbocycles. The van der Waals surface area contributed by atoms with Gasteiger partial charge in [0.15, 0.2) is 6.10 Å². The number of hydrogen-bond donors (Lipinski definition) is 1. The van der Waals surface area contributed by atoms with Gasteiger partial charge in [0.25, 0.3) is 0 Å². The molecule has 150 valence electrons. The van der Waals surface area contributed by atoms with Crippen LogP contribution in [0.2, 0.25) is 0 Å². The van der Waals surface area contributed by atoms with Gasteiger partial charge in [0.05, 0.1) is 5.56 Å². The molecule has 0 radical (unpaired) electrons. The Morgan fingerprint density at radius 2 is 1.41 bits per heavy atom. The average Bonchev–Trinajstić information content (AvgIpc) is 2.72. The van der Waals surface area contributed by atoms with Gasteiger partial charge in [-0.15, -0.1) is 0 Å². The maximum atomic E-state index is 13.0. The van der Waals surface area contributed by atoms with E-state index in [-0.39, 0.29) is 12.0 Å². The van der Waals surface area contributed by atoms with Crippen LogP contribution in [0.1, 0.15) is 28.4 Å². The van der Waals surface area contributed by atoms with E-state index in [1.807, 2.05) is 60.7 Å². The van der Waals surface area contributed by atoms with Crippen LogP contribution < -0.4 is 0 Å². The van der Waals surface area contributed by atoms with Crippen molar-refractivity contribution in [3.8, 4) is 0 Å². The highest BCUT2D eigenvalue weighted by Gasteiger charge is 2.31. The van der Waals surface area contributed by atoms with Crippen molar-refractivity contribution in [2.75, 3.05) is 0 Å². The van der Waals surface area contributed by atoms with E-state index in [0.29, 0.717) is 0 Å². The fraction of sp³-hybridized carbons (Fsp3) is 0.174. The van der Waals surface area contributed by atoms with Crippen molar-refractivity contribution >= 4 is 5.97 Å². The van der Waals surface area contributed by atoms with Gasteiger partial charge in [-0.3, -0.25) is 0 Å². The minimum atomic E-state index is -4.49. The molecule has 29 heavy (non-hydrogen) atoms. The number of carboxylic acid groups (broad SMARTS) is 1. The van der Waals surface area contributed by atoms with Crippen LogP contribution in [-0.2, 0) is 22.1 Å². The predicted molar refractivity (Wildman–Crippen MR) is 102 cm³/mol. The van der Waals surface area contributed by atoms with E-state index in [2.05, 4.69) is 0 Å². The summed E-state index contributed by atoms with van der Waals surface area (Å²) in [6, 6.07) is 22.9.